The van der Waals surface area contributed by atoms with Gasteiger partial charge in [0.15, 0.2) is 0 Å². The highest BCUT2D eigenvalue weighted by atomic mass is 32.2. The number of anilines is 1. The van der Waals surface area contributed by atoms with Gasteiger partial charge in [0.05, 0.1) is 5.75 Å². The molecule has 0 spiro atoms. The zero-order valence-electron chi connectivity index (χ0n) is 21.6. The van der Waals surface area contributed by atoms with E-state index in [9.17, 15) is 13.2 Å². The third kappa shape index (κ3) is 10.8. The first kappa shape index (κ1) is 29.2. The van der Waals surface area contributed by atoms with E-state index in [1.165, 1.54) is 12.8 Å². The van der Waals surface area contributed by atoms with Gasteiger partial charge in [0.1, 0.15) is 5.75 Å². The van der Waals surface area contributed by atoms with Crippen LogP contribution in [0, 0.1) is 0 Å². The lowest BCUT2D eigenvalue weighted by molar-refractivity contribution is -0.132. The number of rotatable bonds is 17. The fourth-order valence-electron chi connectivity index (χ4n) is 3.59. The van der Waals surface area contributed by atoms with Gasteiger partial charge in [-0.1, -0.05) is 38.7 Å². The van der Waals surface area contributed by atoms with Gasteiger partial charge < -0.3 is 18.9 Å². The van der Waals surface area contributed by atoms with Crippen LogP contribution in [0.15, 0.2) is 18.2 Å². The highest BCUT2D eigenvalue weighted by Gasteiger charge is 2.20. The molecule has 0 bridgehead atoms. The number of carbonyl (C=O) groups excluding carboxylic acids is 1. The second-order valence-corrected chi connectivity index (χ2v) is 10.5. The predicted molar refractivity (Wildman–Crippen MR) is 137 cm³/mol. The molecule has 0 atom stereocenters. The van der Waals surface area contributed by atoms with E-state index in [4.69, 9.17) is 4.18 Å². The van der Waals surface area contributed by atoms with Gasteiger partial charge in [-0.25, -0.2) is 0 Å². The highest BCUT2D eigenvalue weighted by molar-refractivity contribution is 7.87. The van der Waals surface area contributed by atoms with Gasteiger partial charge in [-0.05, 0) is 47.4 Å². The summed E-state index contributed by atoms with van der Waals surface area (Å²) < 4.78 is 30.1. The van der Waals surface area contributed by atoms with E-state index in [0.29, 0.717) is 30.8 Å². The molecule has 33 heavy (non-hydrogen) atoms. The van der Waals surface area contributed by atoms with E-state index >= 15 is 0 Å². The van der Waals surface area contributed by atoms with Crippen LogP contribution in [-0.4, -0.2) is 70.2 Å². The van der Waals surface area contributed by atoms with Crippen molar-refractivity contribution in [1.29, 1.82) is 0 Å². The molecule has 0 heterocycles. The summed E-state index contributed by atoms with van der Waals surface area (Å²) >= 11 is 0. The van der Waals surface area contributed by atoms with Crippen molar-refractivity contribution in [1.82, 2.24) is 9.80 Å². The third-order valence-corrected chi connectivity index (χ3v) is 6.92. The van der Waals surface area contributed by atoms with Crippen molar-refractivity contribution in [2.75, 3.05) is 50.9 Å². The van der Waals surface area contributed by atoms with E-state index in [2.05, 4.69) is 25.7 Å². The fraction of sp³-hybridized carbons (Fsp3) is 0.720. The second kappa shape index (κ2) is 15.2. The Morgan fingerprint density at radius 2 is 1.61 bits per heavy atom. The zero-order valence-corrected chi connectivity index (χ0v) is 22.4. The Kier molecular flexibility index (Phi) is 13.4. The minimum absolute atomic E-state index is 0.102. The molecular formula is C25H45N3O4S. The summed E-state index contributed by atoms with van der Waals surface area (Å²) in [6.45, 7) is 11.1. The normalized spacial score (nSPS) is 11.6. The molecule has 0 N–H and O–H groups in total. The molecule has 7 nitrogen and oxygen atoms in total. The maximum absolute atomic E-state index is 13.1. The molecule has 1 aromatic rings. The lowest BCUT2D eigenvalue weighted by atomic mass is 10.1. The van der Waals surface area contributed by atoms with E-state index < -0.39 is 10.1 Å². The molecule has 0 aliphatic heterocycles. The van der Waals surface area contributed by atoms with Crippen molar-refractivity contribution in [2.24, 2.45) is 0 Å². The summed E-state index contributed by atoms with van der Waals surface area (Å²) in [5, 5.41) is 0. The zero-order chi connectivity index (χ0) is 24.9. The van der Waals surface area contributed by atoms with Gasteiger partial charge in [0.2, 0.25) is 5.91 Å². The maximum atomic E-state index is 13.1. The summed E-state index contributed by atoms with van der Waals surface area (Å²) in [4.78, 5) is 19.1. The monoisotopic (exact) mass is 483 g/mol. The van der Waals surface area contributed by atoms with Crippen molar-refractivity contribution >= 4 is 21.7 Å². The van der Waals surface area contributed by atoms with Crippen molar-refractivity contribution < 1.29 is 17.4 Å². The molecule has 1 amide bonds. The van der Waals surface area contributed by atoms with E-state index in [1.54, 1.807) is 13.0 Å². The van der Waals surface area contributed by atoms with Gasteiger partial charge in [-0.3, -0.25) is 4.79 Å². The first-order valence-electron chi connectivity index (χ1n) is 12.4. The number of amides is 1. The summed E-state index contributed by atoms with van der Waals surface area (Å²) in [5.74, 6) is 0.306. The van der Waals surface area contributed by atoms with Gasteiger partial charge in [0.25, 0.3) is 0 Å². The molecule has 0 fully saturated rings. The average molecular weight is 484 g/mol. The van der Waals surface area contributed by atoms with Crippen LogP contribution < -0.4 is 9.08 Å². The van der Waals surface area contributed by atoms with Crippen LogP contribution in [0.3, 0.4) is 0 Å². The SMILES string of the molecule is CCCCCCCC(=O)N(CCN(C)C)Cc1ccc(N(CC)CC)cc1OS(=O)(=O)CC. The number of benzene rings is 1. The first-order chi connectivity index (χ1) is 15.7. The minimum Gasteiger partial charge on any atom is -0.382 e. The Morgan fingerprint density at radius 1 is 0.939 bits per heavy atom. The Labute approximate surface area is 202 Å². The summed E-state index contributed by atoms with van der Waals surface area (Å²) in [5.41, 5.74) is 1.62. The fourth-order valence-corrected chi connectivity index (χ4v) is 4.14. The number of unbranched alkanes of at least 4 members (excludes halogenated alkanes) is 4. The molecule has 0 aliphatic carbocycles. The Balaban J connectivity index is 3.14. The van der Waals surface area contributed by atoms with Gasteiger partial charge in [-0.15, -0.1) is 0 Å². The van der Waals surface area contributed by atoms with Crippen LogP contribution >= 0.6 is 0 Å². The van der Waals surface area contributed by atoms with Gasteiger partial charge >= 0.3 is 10.1 Å². The first-order valence-corrected chi connectivity index (χ1v) is 14.0. The summed E-state index contributed by atoms with van der Waals surface area (Å²) in [6, 6.07) is 5.66. The molecule has 1 aromatic carbocycles. The van der Waals surface area contributed by atoms with E-state index in [-0.39, 0.29) is 11.7 Å². The van der Waals surface area contributed by atoms with Gasteiger partial charge in [0, 0.05) is 56.5 Å². The lowest BCUT2D eigenvalue weighted by Crippen LogP contribution is -2.36. The van der Waals surface area contributed by atoms with Crippen LogP contribution in [0.5, 0.6) is 5.75 Å². The second-order valence-electron chi connectivity index (χ2n) is 8.68. The number of hydrogen-bond donors (Lipinski definition) is 0. The van der Waals surface area contributed by atoms with Crippen LogP contribution in [-0.2, 0) is 21.5 Å². The van der Waals surface area contributed by atoms with E-state index in [1.807, 2.05) is 36.0 Å². The molecular weight excluding hydrogens is 438 g/mol. The van der Waals surface area contributed by atoms with E-state index in [0.717, 1.165) is 44.6 Å². The van der Waals surface area contributed by atoms with Crippen LogP contribution in [0.1, 0.15) is 71.8 Å². The molecule has 1 rings (SSSR count). The number of carbonyl (C=O) groups is 1. The molecule has 0 radical (unpaired) electrons. The number of likely N-dealkylation sites (N-methyl/N-ethyl adjacent to an activating group) is 1. The van der Waals surface area contributed by atoms with Crippen molar-refractivity contribution in [2.45, 2.75) is 72.8 Å². The van der Waals surface area contributed by atoms with Crippen LogP contribution in [0.4, 0.5) is 5.69 Å². The van der Waals surface area contributed by atoms with Gasteiger partial charge in [-0.2, -0.15) is 8.42 Å². The summed E-state index contributed by atoms with van der Waals surface area (Å²) in [7, 11) is 0.276. The van der Waals surface area contributed by atoms with Crippen molar-refractivity contribution in [3.8, 4) is 5.75 Å². The predicted octanol–water partition coefficient (Wildman–Crippen LogP) is 4.51. The largest absolute Gasteiger partial charge is 0.382 e. The Morgan fingerprint density at radius 3 is 2.18 bits per heavy atom. The van der Waals surface area contributed by atoms with Crippen LogP contribution in [0.25, 0.3) is 0 Å². The highest BCUT2D eigenvalue weighted by Crippen LogP contribution is 2.29. The van der Waals surface area contributed by atoms with Crippen LogP contribution in [0.2, 0.25) is 0 Å². The third-order valence-electron chi connectivity index (χ3n) is 5.77. The standard InChI is InChI=1S/C25H45N3O4S/c1-7-11-12-13-14-15-25(29)28(19-18-26(5)6)21-22-16-17-23(27(8-2)9-3)20-24(22)32-33(30,31)10-4/h16-17,20H,7-15,18-19,21H2,1-6H3. The molecule has 190 valence electrons. The number of hydrogen-bond acceptors (Lipinski definition) is 6. The Bertz CT molecular complexity index is 808. The molecule has 0 saturated carbocycles. The number of nitrogens with zero attached hydrogens (tertiary/aromatic N) is 3. The smallest absolute Gasteiger partial charge is 0.308 e. The minimum atomic E-state index is -3.69. The molecule has 0 aromatic heterocycles. The average Bonchev–Trinajstić information content (AvgIpc) is 2.78. The maximum Gasteiger partial charge on any atom is 0.308 e. The summed E-state index contributed by atoms with van der Waals surface area (Å²) in [6.07, 6.45) is 5.98. The lowest BCUT2D eigenvalue weighted by Gasteiger charge is -2.27. The quantitative estimate of drug-likeness (QED) is 0.240. The topological polar surface area (TPSA) is 70.2 Å². The Hall–Kier alpha value is -1.80. The van der Waals surface area contributed by atoms with Crippen molar-refractivity contribution in [3.05, 3.63) is 23.8 Å². The molecule has 0 aliphatic rings. The molecule has 8 heteroatoms. The molecule has 0 saturated heterocycles. The molecule has 0 unspecified atom stereocenters. The van der Waals surface area contributed by atoms with Crippen molar-refractivity contribution in [3.63, 3.8) is 0 Å².